The summed E-state index contributed by atoms with van der Waals surface area (Å²) in [5.41, 5.74) is 0.391. The Bertz CT molecular complexity index is 1050. The van der Waals surface area contributed by atoms with E-state index in [2.05, 4.69) is 10.1 Å². The molecule has 7 nitrogen and oxygen atoms in total. The van der Waals surface area contributed by atoms with Gasteiger partial charge in [0.05, 0.1) is 16.0 Å². The normalized spacial score (nSPS) is 32.3. The van der Waals surface area contributed by atoms with Crippen LogP contribution < -0.4 is 0 Å². The summed E-state index contributed by atoms with van der Waals surface area (Å²) in [6.45, 7) is 0.544. The Morgan fingerprint density at radius 1 is 1.12 bits per heavy atom. The van der Waals surface area contributed by atoms with Crippen LogP contribution in [-0.4, -0.2) is 39.5 Å². The molecule has 1 unspecified atom stereocenters. The summed E-state index contributed by atoms with van der Waals surface area (Å²) in [4.78, 5) is 32.8. The predicted molar refractivity (Wildman–Crippen MR) is 120 cm³/mol. The molecule has 1 atom stereocenters. The van der Waals surface area contributed by atoms with E-state index < -0.39 is 6.04 Å². The fourth-order valence-electron chi connectivity index (χ4n) is 7.22. The maximum absolute atomic E-state index is 13.7. The highest BCUT2D eigenvalue weighted by Crippen LogP contribution is 2.60. The van der Waals surface area contributed by atoms with Crippen molar-refractivity contribution in [2.75, 3.05) is 6.54 Å². The van der Waals surface area contributed by atoms with E-state index in [-0.39, 0.29) is 35.6 Å². The molecule has 2 heterocycles. The van der Waals surface area contributed by atoms with Crippen molar-refractivity contribution < 1.29 is 18.8 Å². The highest BCUT2D eigenvalue weighted by Gasteiger charge is 2.57. The van der Waals surface area contributed by atoms with Crippen molar-refractivity contribution in [3.63, 3.8) is 0 Å². The summed E-state index contributed by atoms with van der Waals surface area (Å²) in [7, 11) is 0. The van der Waals surface area contributed by atoms with Crippen LogP contribution in [0.2, 0.25) is 5.02 Å². The third kappa shape index (κ3) is 3.74. The molecule has 0 N–H and O–H groups in total. The summed E-state index contributed by atoms with van der Waals surface area (Å²) >= 11 is 6.19. The Morgan fingerprint density at radius 3 is 2.52 bits per heavy atom. The fraction of sp³-hybridized carbons (Fsp3) is 0.600. The molecule has 4 saturated carbocycles. The third-order valence-electron chi connectivity index (χ3n) is 8.19. The number of benzene rings is 1. The molecule has 0 spiro atoms. The SMILES string of the molecule is O=C(OCc1noc(-c2ccccc2Cl)n1)C1CCCN1C(=O)C12CC3CC(CC(C3)C1)C2. The number of amides is 1. The maximum Gasteiger partial charge on any atom is 0.329 e. The van der Waals surface area contributed by atoms with Gasteiger partial charge in [0.25, 0.3) is 5.89 Å². The first-order chi connectivity index (χ1) is 16.0. The second-order valence-corrected chi connectivity index (χ2v) is 10.9. The van der Waals surface area contributed by atoms with E-state index in [9.17, 15) is 9.59 Å². The molecule has 174 valence electrons. The molecule has 7 rings (SSSR count). The van der Waals surface area contributed by atoms with Gasteiger partial charge in [-0.05, 0) is 81.3 Å². The van der Waals surface area contributed by atoms with Crippen molar-refractivity contribution in [1.29, 1.82) is 0 Å². The van der Waals surface area contributed by atoms with Gasteiger partial charge in [0.15, 0.2) is 6.61 Å². The minimum absolute atomic E-state index is 0.0946. The van der Waals surface area contributed by atoms with Crippen LogP contribution in [0, 0.1) is 23.2 Å². The number of nitrogens with zero attached hydrogens (tertiary/aromatic N) is 3. The van der Waals surface area contributed by atoms with Gasteiger partial charge in [-0.2, -0.15) is 4.98 Å². The van der Waals surface area contributed by atoms with Crippen molar-refractivity contribution in [2.24, 2.45) is 23.2 Å². The second kappa shape index (κ2) is 8.12. The highest BCUT2D eigenvalue weighted by atomic mass is 35.5. The summed E-state index contributed by atoms with van der Waals surface area (Å²) in [5.74, 6) is 2.45. The summed E-state index contributed by atoms with van der Waals surface area (Å²) < 4.78 is 10.8. The van der Waals surface area contributed by atoms with Crippen LogP contribution in [0.15, 0.2) is 28.8 Å². The van der Waals surface area contributed by atoms with Crippen molar-refractivity contribution in [2.45, 2.75) is 64.0 Å². The molecule has 1 saturated heterocycles. The quantitative estimate of drug-likeness (QED) is 0.593. The predicted octanol–water partition coefficient (Wildman–Crippen LogP) is 4.64. The molecule has 33 heavy (non-hydrogen) atoms. The van der Waals surface area contributed by atoms with Gasteiger partial charge in [-0.15, -0.1) is 0 Å². The van der Waals surface area contributed by atoms with E-state index in [0.29, 0.717) is 41.3 Å². The smallest absolute Gasteiger partial charge is 0.329 e. The zero-order valence-electron chi connectivity index (χ0n) is 18.5. The van der Waals surface area contributed by atoms with Crippen LogP contribution in [0.5, 0.6) is 0 Å². The van der Waals surface area contributed by atoms with Crippen molar-refractivity contribution >= 4 is 23.5 Å². The third-order valence-corrected chi connectivity index (χ3v) is 8.52. The van der Waals surface area contributed by atoms with E-state index in [1.165, 1.54) is 19.3 Å². The van der Waals surface area contributed by atoms with Gasteiger partial charge in [-0.1, -0.05) is 28.9 Å². The molecular weight excluding hydrogens is 442 g/mol. The lowest BCUT2D eigenvalue weighted by Gasteiger charge is -2.56. The topological polar surface area (TPSA) is 85.5 Å². The van der Waals surface area contributed by atoms with Crippen LogP contribution in [0.4, 0.5) is 0 Å². The minimum atomic E-state index is -0.513. The summed E-state index contributed by atoms with van der Waals surface area (Å²) in [5, 5.41) is 4.42. The Morgan fingerprint density at radius 2 is 1.82 bits per heavy atom. The van der Waals surface area contributed by atoms with Crippen molar-refractivity contribution in [1.82, 2.24) is 15.0 Å². The molecule has 2 aromatic rings. The number of esters is 1. The van der Waals surface area contributed by atoms with Crippen molar-refractivity contribution in [3.8, 4) is 11.5 Å². The average molecular weight is 470 g/mol. The largest absolute Gasteiger partial charge is 0.456 e. The van der Waals surface area contributed by atoms with Gasteiger partial charge in [0.2, 0.25) is 11.7 Å². The van der Waals surface area contributed by atoms with Gasteiger partial charge >= 0.3 is 5.97 Å². The highest BCUT2D eigenvalue weighted by molar-refractivity contribution is 6.33. The average Bonchev–Trinajstić information content (AvgIpc) is 3.46. The second-order valence-electron chi connectivity index (χ2n) is 10.5. The number of carbonyl (C=O) groups is 2. The van der Waals surface area contributed by atoms with Crippen molar-refractivity contribution in [3.05, 3.63) is 35.1 Å². The number of hydrogen-bond acceptors (Lipinski definition) is 6. The molecule has 5 fully saturated rings. The molecule has 4 aliphatic carbocycles. The zero-order valence-corrected chi connectivity index (χ0v) is 19.3. The lowest BCUT2D eigenvalue weighted by atomic mass is 9.49. The molecule has 1 amide bonds. The molecule has 1 aromatic carbocycles. The Kier molecular flexibility index (Phi) is 5.20. The van der Waals surface area contributed by atoms with Gasteiger partial charge in [0, 0.05) is 6.54 Å². The molecular formula is C25H28ClN3O4. The van der Waals surface area contributed by atoms with E-state index in [1.807, 2.05) is 17.0 Å². The van der Waals surface area contributed by atoms with Gasteiger partial charge in [-0.3, -0.25) is 4.79 Å². The number of rotatable bonds is 5. The molecule has 1 aliphatic heterocycles. The monoisotopic (exact) mass is 469 g/mol. The Labute approximate surface area is 197 Å². The van der Waals surface area contributed by atoms with E-state index >= 15 is 0 Å². The molecule has 4 bridgehead atoms. The first kappa shape index (κ1) is 21.1. The van der Waals surface area contributed by atoms with E-state index in [4.69, 9.17) is 20.9 Å². The van der Waals surface area contributed by atoms with Crippen LogP contribution in [0.3, 0.4) is 0 Å². The number of halogens is 1. The van der Waals surface area contributed by atoms with Gasteiger partial charge in [0.1, 0.15) is 6.04 Å². The van der Waals surface area contributed by atoms with Gasteiger partial charge in [-0.25, -0.2) is 4.79 Å². The molecule has 0 radical (unpaired) electrons. The first-order valence-corrected chi connectivity index (χ1v) is 12.4. The Balaban J connectivity index is 1.12. The van der Waals surface area contributed by atoms with Crippen LogP contribution in [0.1, 0.15) is 57.2 Å². The van der Waals surface area contributed by atoms with E-state index in [0.717, 1.165) is 25.7 Å². The first-order valence-electron chi connectivity index (χ1n) is 12.1. The number of carbonyl (C=O) groups excluding carboxylic acids is 2. The lowest BCUT2D eigenvalue weighted by Crippen LogP contribution is -2.56. The molecule has 1 aromatic heterocycles. The van der Waals surface area contributed by atoms with Crippen LogP contribution in [-0.2, 0) is 20.9 Å². The minimum Gasteiger partial charge on any atom is -0.456 e. The zero-order chi connectivity index (χ0) is 22.6. The molecule has 5 aliphatic rings. The molecule has 8 heteroatoms. The lowest BCUT2D eigenvalue weighted by molar-refractivity contribution is -0.166. The number of aromatic nitrogens is 2. The maximum atomic E-state index is 13.7. The summed E-state index contributed by atoms with van der Waals surface area (Å²) in [6.07, 6.45) is 8.36. The van der Waals surface area contributed by atoms with Crippen LogP contribution >= 0.6 is 11.6 Å². The summed E-state index contributed by atoms with van der Waals surface area (Å²) in [6, 6.07) is 6.68. The van der Waals surface area contributed by atoms with Gasteiger partial charge < -0.3 is 14.2 Å². The van der Waals surface area contributed by atoms with E-state index in [1.54, 1.807) is 12.1 Å². The van der Waals surface area contributed by atoms with Crippen LogP contribution in [0.25, 0.3) is 11.5 Å². The number of likely N-dealkylation sites (tertiary alicyclic amines) is 1. The fourth-order valence-corrected chi connectivity index (χ4v) is 7.44. The number of ether oxygens (including phenoxy) is 1. The number of hydrogen-bond donors (Lipinski definition) is 0. The Hall–Kier alpha value is -2.41. The standard InChI is InChI=1S/C25H28ClN3O4/c26-19-5-2-1-4-18(19)22-27-21(28-33-22)14-32-23(30)20-6-3-7-29(20)24(31)25-11-15-8-16(12-25)10-17(9-15)13-25/h1-2,4-5,15-17,20H,3,6-14H2.